The molecule has 2 nitrogen and oxygen atoms in total. The summed E-state index contributed by atoms with van der Waals surface area (Å²) in [6.45, 7) is 9.08. The number of nitrogens with zero attached hydrogens (tertiary/aromatic N) is 1. The first kappa shape index (κ1) is 15.0. The zero-order valence-corrected chi connectivity index (χ0v) is 12.9. The normalized spacial score (nSPS) is 14.3. The second-order valence-electron chi connectivity index (χ2n) is 5.86. The van der Waals surface area contributed by atoms with Crippen molar-refractivity contribution in [3.8, 4) is 0 Å². The number of fused-ring (bicyclic) bond motifs is 1. The summed E-state index contributed by atoms with van der Waals surface area (Å²) >= 11 is 0. The average Bonchev–Trinajstić information content (AvgIpc) is 2.47. The van der Waals surface area contributed by atoms with E-state index in [1.807, 2.05) is 0 Å². The van der Waals surface area contributed by atoms with Crippen LogP contribution < -0.4 is 5.32 Å². The van der Waals surface area contributed by atoms with Gasteiger partial charge in [-0.1, -0.05) is 45.0 Å². The fraction of sp³-hybridized carbons (Fsp3) is 0.500. The third-order valence-electron chi connectivity index (χ3n) is 4.05. The minimum atomic E-state index is 0.646. The highest BCUT2D eigenvalue weighted by atomic mass is 14.8. The summed E-state index contributed by atoms with van der Waals surface area (Å²) in [6, 6.07) is 12.7. The van der Waals surface area contributed by atoms with Crippen LogP contribution in [0.5, 0.6) is 0 Å². The lowest BCUT2D eigenvalue weighted by atomic mass is 9.91. The molecule has 0 spiro atoms. The predicted octanol–water partition coefficient (Wildman–Crippen LogP) is 4.05. The van der Waals surface area contributed by atoms with E-state index in [9.17, 15) is 0 Å². The summed E-state index contributed by atoms with van der Waals surface area (Å²) in [5, 5.41) is 4.73. The van der Waals surface area contributed by atoms with Gasteiger partial charge in [-0.2, -0.15) is 0 Å². The molecular formula is C18H26N2. The van der Waals surface area contributed by atoms with Gasteiger partial charge in [0.1, 0.15) is 0 Å². The average molecular weight is 270 g/mol. The minimum absolute atomic E-state index is 0.646. The van der Waals surface area contributed by atoms with Crippen molar-refractivity contribution in [2.75, 3.05) is 13.1 Å². The molecule has 2 rings (SSSR count). The molecule has 1 N–H and O–H groups in total. The Balaban J connectivity index is 1.96. The van der Waals surface area contributed by atoms with Crippen molar-refractivity contribution in [1.82, 2.24) is 10.3 Å². The molecule has 0 amide bonds. The maximum atomic E-state index is 4.77. The van der Waals surface area contributed by atoms with Crippen LogP contribution in [0.1, 0.15) is 32.9 Å². The van der Waals surface area contributed by atoms with Crippen molar-refractivity contribution in [1.29, 1.82) is 0 Å². The summed E-state index contributed by atoms with van der Waals surface area (Å²) in [7, 11) is 0. The minimum Gasteiger partial charge on any atom is -0.316 e. The van der Waals surface area contributed by atoms with Crippen LogP contribution in [0, 0.1) is 11.8 Å². The van der Waals surface area contributed by atoms with Gasteiger partial charge in [0.15, 0.2) is 0 Å². The fourth-order valence-corrected chi connectivity index (χ4v) is 2.46. The van der Waals surface area contributed by atoms with Gasteiger partial charge < -0.3 is 5.32 Å². The van der Waals surface area contributed by atoms with E-state index >= 15 is 0 Å². The summed E-state index contributed by atoms with van der Waals surface area (Å²) in [6.07, 6.45) is 2.26. The lowest BCUT2D eigenvalue weighted by Crippen LogP contribution is -2.26. The molecule has 0 aliphatic heterocycles. The van der Waals surface area contributed by atoms with Crippen LogP contribution in [-0.4, -0.2) is 18.1 Å². The van der Waals surface area contributed by atoms with Crippen molar-refractivity contribution in [3.63, 3.8) is 0 Å². The van der Waals surface area contributed by atoms with Crippen LogP contribution >= 0.6 is 0 Å². The van der Waals surface area contributed by atoms with Gasteiger partial charge in [-0.15, -0.1) is 0 Å². The summed E-state index contributed by atoms with van der Waals surface area (Å²) in [5.41, 5.74) is 2.31. The molecule has 0 saturated carbocycles. The van der Waals surface area contributed by atoms with E-state index in [-0.39, 0.29) is 0 Å². The van der Waals surface area contributed by atoms with E-state index in [2.05, 4.69) is 62.5 Å². The van der Waals surface area contributed by atoms with Crippen molar-refractivity contribution in [2.45, 2.75) is 33.6 Å². The molecule has 1 heterocycles. The van der Waals surface area contributed by atoms with Gasteiger partial charge >= 0.3 is 0 Å². The summed E-state index contributed by atoms with van der Waals surface area (Å²) < 4.78 is 0. The van der Waals surface area contributed by atoms with Gasteiger partial charge in [0, 0.05) is 11.1 Å². The van der Waals surface area contributed by atoms with Crippen molar-refractivity contribution < 1.29 is 0 Å². The third kappa shape index (κ3) is 4.04. The van der Waals surface area contributed by atoms with Crippen LogP contribution in [-0.2, 0) is 6.42 Å². The second-order valence-corrected chi connectivity index (χ2v) is 5.86. The monoisotopic (exact) mass is 270 g/mol. The van der Waals surface area contributed by atoms with Gasteiger partial charge in [0.05, 0.1) is 5.52 Å². The lowest BCUT2D eigenvalue weighted by Gasteiger charge is -2.20. The molecule has 0 saturated heterocycles. The smallest absolute Gasteiger partial charge is 0.0705 e. The molecule has 2 heteroatoms. The molecule has 2 atom stereocenters. The molecule has 108 valence electrons. The van der Waals surface area contributed by atoms with E-state index in [1.165, 1.54) is 17.5 Å². The molecule has 0 fully saturated rings. The Morgan fingerprint density at radius 3 is 2.65 bits per heavy atom. The van der Waals surface area contributed by atoms with Crippen LogP contribution in [0.15, 0.2) is 36.4 Å². The highest BCUT2D eigenvalue weighted by molar-refractivity contribution is 5.78. The lowest BCUT2D eigenvalue weighted by molar-refractivity contribution is 0.363. The first-order valence-corrected chi connectivity index (χ1v) is 7.76. The largest absolute Gasteiger partial charge is 0.316 e. The number of hydrogen-bond donors (Lipinski definition) is 1. The van der Waals surface area contributed by atoms with E-state index in [0.717, 1.165) is 25.0 Å². The molecule has 0 aliphatic carbocycles. The molecule has 0 radical (unpaired) electrons. The van der Waals surface area contributed by atoms with Crippen molar-refractivity contribution in [2.24, 2.45) is 11.8 Å². The maximum absolute atomic E-state index is 4.77. The summed E-state index contributed by atoms with van der Waals surface area (Å²) in [4.78, 5) is 4.77. The highest BCUT2D eigenvalue weighted by Gasteiger charge is 2.13. The molecule has 2 aromatic rings. The van der Waals surface area contributed by atoms with E-state index in [1.54, 1.807) is 0 Å². The van der Waals surface area contributed by atoms with Crippen molar-refractivity contribution >= 4 is 10.9 Å². The molecular weight excluding hydrogens is 244 g/mol. The van der Waals surface area contributed by atoms with Gasteiger partial charge in [0.2, 0.25) is 0 Å². The first-order chi connectivity index (χ1) is 9.70. The Bertz CT molecular complexity index is 536. The zero-order valence-electron chi connectivity index (χ0n) is 12.9. The van der Waals surface area contributed by atoms with Gasteiger partial charge in [-0.05, 0) is 49.9 Å². The third-order valence-corrected chi connectivity index (χ3v) is 4.05. The SMILES string of the molecule is CCCNCC(C)C(C)Cc1ccc2ccccc2n1. The second kappa shape index (κ2) is 7.39. The topological polar surface area (TPSA) is 24.9 Å². The quantitative estimate of drug-likeness (QED) is 0.768. The number of hydrogen-bond acceptors (Lipinski definition) is 2. The Hall–Kier alpha value is -1.41. The van der Waals surface area contributed by atoms with E-state index in [4.69, 9.17) is 4.98 Å². The Kier molecular flexibility index (Phi) is 5.54. The first-order valence-electron chi connectivity index (χ1n) is 7.76. The number of benzene rings is 1. The molecule has 0 bridgehead atoms. The zero-order chi connectivity index (χ0) is 14.4. The predicted molar refractivity (Wildman–Crippen MR) is 86.9 cm³/mol. The molecule has 20 heavy (non-hydrogen) atoms. The van der Waals surface area contributed by atoms with Crippen LogP contribution in [0.4, 0.5) is 0 Å². The van der Waals surface area contributed by atoms with Crippen LogP contribution in [0.2, 0.25) is 0 Å². The fourth-order valence-electron chi connectivity index (χ4n) is 2.46. The number of para-hydroxylation sites is 1. The van der Waals surface area contributed by atoms with E-state index in [0.29, 0.717) is 11.8 Å². The van der Waals surface area contributed by atoms with Gasteiger partial charge in [-0.3, -0.25) is 4.98 Å². The maximum Gasteiger partial charge on any atom is 0.0705 e. The number of nitrogens with one attached hydrogen (secondary N) is 1. The summed E-state index contributed by atoms with van der Waals surface area (Å²) in [5.74, 6) is 1.32. The molecule has 1 aromatic heterocycles. The molecule has 0 aliphatic rings. The Morgan fingerprint density at radius 2 is 1.85 bits per heavy atom. The highest BCUT2D eigenvalue weighted by Crippen LogP contribution is 2.18. The Morgan fingerprint density at radius 1 is 1.05 bits per heavy atom. The Labute approximate surface area is 122 Å². The number of rotatable bonds is 7. The van der Waals surface area contributed by atoms with E-state index < -0.39 is 0 Å². The number of pyridine rings is 1. The molecule has 1 aromatic carbocycles. The number of aromatic nitrogens is 1. The van der Waals surface area contributed by atoms with Crippen molar-refractivity contribution in [3.05, 3.63) is 42.1 Å². The van der Waals surface area contributed by atoms with Crippen LogP contribution in [0.3, 0.4) is 0 Å². The standard InChI is InChI=1S/C18H26N2/c1-4-11-19-13-15(3)14(2)12-17-10-9-16-7-5-6-8-18(16)20-17/h5-10,14-15,19H,4,11-13H2,1-3H3. The van der Waals surface area contributed by atoms with Crippen LogP contribution in [0.25, 0.3) is 10.9 Å². The van der Waals surface area contributed by atoms with Gasteiger partial charge in [-0.25, -0.2) is 0 Å². The molecule has 2 unspecified atom stereocenters. The van der Waals surface area contributed by atoms with Gasteiger partial charge in [0.25, 0.3) is 0 Å².